The van der Waals surface area contributed by atoms with Gasteiger partial charge in [-0.2, -0.15) is 0 Å². The number of carbonyl (C=O) groups excluding carboxylic acids is 1. The van der Waals surface area contributed by atoms with E-state index in [1.54, 1.807) is 0 Å². The number of unbranched alkanes of at least 4 members (excludes halogenated alkanes) is 3. The molecule has 0 unspecified atom stereocenters. The lowest BCUT2D eigenvalue weighted by Crippen LogP contribution is -2.33. The van der Waals surface area contributed by atoms with Crippen molar-refractivity contribution in [3.05, 3.63) is 0 Å². The fourth-order valence-corrected chi connectivity index (χ4v) is 1.71. The van der Waals surface area contributed by atoms with E-state index in [1.165, 1.54) is 0 Å². The van der Waals surface area contributed by atoms with Crippen LogP contribution in [0.4, 0.5) is 4.79 Å². The van der Waals surface area contributed by atoms with Gasteiger partial charge in [0, 0.05) is 13.0 Å². The maximum absolute atomic E-state index is 11.4. The van der Waals surface area contributed by atoms with Crippen molar-refractivity contribution in [2.75, 3.05) is 19.6 Å². The number of carbonyl (C=O) groups is 2. The molecule has 0 heterocycles. The van der Waals surface area contributed by atoms with Crippen LogP contribution in [0, 0.1) is 0 Å². The SMILES string of the molecule is CC(C)(C)OC(=O)NCCCCCNCCCCC(=O)O. The molecule has 0 rings (SSSR count). The molecule has 0 saturated carbocycles. The summed E-state index contributed by atoms with van der Waals surface area (Å²) < 4.78 is 5.13. The molecule has 0 spiro atoms. The van der Waals surface area contributed by atoms with Gasteiger partial charge in [-0.1, -0.05) is 6.42 Å². The standard InChI is InChI=1S/C15H30N2O4/c1-15(2,3)21-14(20)17-12-7-4-6-10-16-11-8-5-9-13(18)19/h16H,4-12H2,1-3H3,(H,17,20)(H,18,19). The predicted octanol–water partition coefficient (Wildman–Crippen LogP) is 2.53. The third-order valence-corrected chi connectivity index (χ3v) is 2.69. The van der Waals surface area contributed by atoms with Crippen molar-refractivity contribution < 1.29 is 19.4 Å². The third kappa shape index (κ3) is 16.6. The van der Waals surface area contributed by atoms with Gasteiger partial charge in [0.05, 0.1) is 0 Å². The minimum absolute atomic E-state index is 0.248. The zero-order chi connectivity index (χ0) is 16.1. The monoisotopic (exact) mass is 302 g/mol. The molecule has 0 aliphatic rings. The second kappa shape index (κ2) is 11.4. The Kier molecular flexibility index (Phi) is 10.7. The van der Waals surface area contributed by atoms with Gasteiger partial charge in [-0.3, -0.25) is 4.79 Å². The first kappa shape index (κ1) is 19.7. The van der Waals surface area contributed by atoms with Crippen LogP contribution in [0.1, 0.15) is 59.3 Å². The van der Waals surface area contributed by atoms with Gasteiger partial charge < -0.3 is 20.5 Å². The van der Waals surface area contributed by atoms with Crippen molar-refractivity contribution in [1.82, 2.24) is 10.6 Å². The molecular weight excluding hydrogens is 272 g/mol. The maximum atomic E-state index is 11.4. The normalized spacial score (nSPS) is 11.2. The van der Waals surface area contributed by atoms with E-state index >= 15 is 0 Å². The first-order valence-electron chi connectivity index (χ1n) is 7.70. The van der Waals surface area contributed by atoms with Crippen molar-refractivity contribution in [1.29, 1.82) is 0 Å². The fourth-order valence-electron chi connectivity index (χ4n) is 1.71. The molecule has 6 nitrogen and oxygen atoms in total. The highest BCUT2D eigenvalue weighted by atomic mass is 16.6. The van der Waals surface area contributed by atoms with Crippen LogP contribution in [0.15, 0.2) is 0 Å². The van der Waals surface area contributed by atoms with Crippen LogP contribution in [0.5, 0.6) is 0 Å². The Morgan fingerprint density at radius 2 is 1.52 bits per heavy atom. The van der Waals surface area contributed by atoms with Crippen LogP contribution in [-0.4, -0.2) is 42.4 Å². The minimum Gasteiger partial charge on any atom is -0.481 e. The van der Waals surface area contributed by atoms with Crippen molar-refractivity contribution in [2.24, 2.45) is 0 Å². The zero-order valence-corrected chi connectivity index (χ0v) is 13.5. The Labute approximate surface area is 127 Å². The van der Waals surface area contributed by atoms with Gasteiger partial charge in [-0.25, -0.2) is 4.79 Å². The summed E-state index contributed by atoms with van der Waals surface area (Å²) in [4.78, 5) is 21.7. The van der Waals surface area contributed by atoms with E-state index < -0.39 is 11.6 Å². The van der Waals surface area contributed by atoms with Crippen molar-refractivity contribution >= 4 is 12.1 Å². The zero-order valence-electron chi connectivity index (χ0n) is 13.5. The maximum Gasteiger partial charge on any atom is 0.407 e. The Balaban J connectivity index is 3.22. The molecule has 6 heteroatoms. The number of ether oxygens (including phenoxy) is 1. The molecule has 1 amide bonds. The van der Waals surface area contributed by atoms with Crippen molar-refractivity contribution in [2.45, 2.75) is 64.9 Å². The minimum atomic E-state index is -0.729. The molecule has 0 fully saturated rings. The van der Waals surface area contributed by atoms with Crippen LogP contribution in [0.2, 0.25) is 0 Å². The summed E-state index contributed by atoms with van der Waals surface area (Å²) in [6.45, 7) is 7.95. The summed E-state index contributed by atoms with van der Waals surface area (Å²) in [5.74, 6) is -0.729. The lowest BCUT2D eigenvalue weighted by Gasteiger charge is -2.19. The molecule has 0 bridgehead atoms. The van der Waals surface area contributed by atoms with Gasteiger partial charge in [0.15, 0.2) is 0 Å². The molecule has 0 aliphatic carbocycles. The van der Waals surface area contributed by atoms with Crippen LogP contribution in [0.3, 0.4) is 0 Å². The first-order valence-corrected chi connectivity index (χ1v) is 7.70. The number of carboxylic acid groups (broad SMARTS) is 1. The van der Waals surface area contributed by atoms with Gasteiger partial charge in [-0.15, -0.1) is 0 Å². The molecule has 124 valence electrons. The molecule has 0 aromatic heterocycles. The number of aliphatic carboxylic acids is 1. The Morgan fingerprint density at radius 1 is 0.952 bits per heavy atom. The number of nitrogens with one attached hydrogen (secondary N) is 2. The first-order chi connectivity index (χ1) is 9.81. The highest BCUT2D eigenvalue weighted by Gasteiger charge is 2.15. The van der Waals surface area contributed by atoms with E-state index in [2.05, 4.69) is 10.6 Å². The summed E-state index contributed by atoms with van der Waals surface area (Å²) in [6, 6.07) is 0. The van der Waals surface area contributed by atoms with E-state index in [9.17, 15) is 9.59 Å². The molecule has 0 radical (unpaired) electrons. The molecule has 0 aromatic carbocycles. The molecule has 0 aromatic rings. The van der Waals surface area contributed by atoms with Crippen LogP contribution in [-0.2, 0) is 9.53 Å². The summed E-state index contributed by atoms with van der Waals surface area (Å²) in [5, 5.41) is 14.5. The molecule has 0 atom stereocenters. The Bertz CT molecular complexity index is 301. The molecular formula is C15H30N2O4. The number of carboxylic acids is 1. The average Bonchev–Trinajstić information content (AvgIpc) is 2.33. The summed E-state index contributed by atoms with van der Waals surface area (Å²) in [6.07, 6.45) is 4.53. The van der Waals surface area contributed by atoms with Crippen LogP contribution >= 0.6 is 0 Å². The molecule has 0 saturated heterocycles. The number of alkyl carbamates (subject to hydrolysis) is 1. The summed E-state index contributed by atoms with van der Waals surface area (Å²) in [5.41, 5.74) is -0.450. The second-order valence-electron chi connectivity index (χ2n) is 6.09. The number of amides is 1. The van der Waals surface area contributed by atoms with Crippen molar-refractivity contribution in [3.8, 4) is 0 Å². The predicted molar refractivity (Wildman–Crippen MR) is 82.4 cm³/mol. The fraction of sp³-hybridized carbons (Fsp3) is 0.867. The Morgan fingerprint density at radius 3 is 2.10 bits per heavy atom. The van der Waals surface area contributed by atoms with Gasteiger partial charge in [0.25, 0.3) is 0 Å². The lowest BCUT2D eigenvalue weighted by atomic mass is 10.2. The number of hydrogen-bond acceptors (Lipinski definition) is 4. The number of rotatable bonds is 11. The number of hydrogen-bond donors (Lipinski definition) is 3. The largest absolute Gasteiger partial charge is 0.481 e. The van der Waals surface area contributed by atoms with Gasteiger partial charge in [-0.05, 0) is 59.5 Å². The second-order valence-corrected chi connectivity index (χ2v) is 6.09. The average molecular weight is 302 g/mol. The van der Waals surface area contributed by atoms with E-state index in [1.807, 2.05) is 20.8 Å². The highest BCUT2D eigenvalue weighted by molar-refractivity contribution is 5.67. The van der Waals surface area contributed by atoms with Gasteiger partial charge in [0.1, 0.15) is 5.60 Å². The van der Waals surface area contributed by atoms with Gasteiger partial charge >= 0.3 is 12.1 Å². The third-order valence-electron chi connectivity index (χ3n) is 2.69. The molecule has 21 heavy (non-hydrogen) atoms. The van der Waals surface area contributed by atoms with Crippen LogP contribution < -0.4 is 10.6 Å². The molecule has 3 N–H and O–H groups in total. The van der Waals surface area contributed by atoms with E-state index in [4.69, 9.17) is 9.84 Å². The lowest BCUT2D eigenvalue weighted by molar-refractivity contribution is -0.137. The summed E-state index contributed by atoms with van der Waals surface area (Å²) >= 11 is 0. The van der Waals surface area contributed by atoms with E-state index in [0.717, 1.165) is 45.2 Å². The topological polar surface area (TPSA) is 87.7 Å². The van der Waals surface area contributed by atoms with Gasteiger partial charge in [0.2, 0.25) is 0 Å². The van der Waals surface area contributed by atoms with Crippen molar-refractivity contribution in [3.63, 3.8) is 0 Å². The summed E-state index contributed by atoms with van der Waals surface area (Å²) in [7, 11) is 0. The smallest absolute Gasteiger partial charge is 0.407 e. The highest BCUT2D eigenvalue weighted by Crippen LogP contribution is 2.06. The molecule has 0 aliphatic heterocycles. The Hall–Kier alpha value is -1.30. The van der Waals surface area contributed by atoms with Crippen LogP contribution in [0.25, 0.3) is 0 Å². The quantitative estimate of drug-likeness (QED) is 0.510. The van der Waals surface area contributed by atoms with E-state index in [-0.39, 0.29) is 12.5 Å². The van der Waals surface area contributed by atoms with E-state index in [0.29, 0.717) is 6.54 Å².